The Balaban J connectivity index is 1.90. The Morgan fingerprint density at radius 3 is 2.48 bits per heavy atom. The van der Waals surface area contributed by atoms with Gasteiger partial charge in [-0.2, -0.15) is 0 Å². The maximum atomic E-state index is 12.8. The molecule has 1 aromatic heterocycles. The maximum absolute atomic E-state index is 12.8. The molecular weight excluding hydrogens is 358 g/mol. The summed E-state index contributed by atoms with van der Waals surface area (Å²) in [7, 11) is 0. The first-order valence-corrected chi connectivity index (χ1v) is 11.5. The van der Waals surface area contributed by atoms with E-state index in [0.29, 0.717) is 5.92 Å². The second-order valence-corrected chi connectivity index (χ2v) is 8.36. The van der Waals surface area contributed by atoms with Crippen LogP contribution in [0.3, 0.4) is 0 Å². The number of benzene rings is 1. The molecule has 3 rings (SSSR count). The minimum Gasteiger partial charge on any atom is -0.385 e. The highest BCUT2D eigenvalue weighted by Crippen LogP contribution is 2.31. The Hall–Kier alpha value is -2.23. The van der Waals surface area contributed by atoms with Crippen LogP contribution in [0.1, 0.15) is 74.8 Å². The zero-order chi connectivity index (χ0) is 20.6. The van der Waals surface area contributed by atoms with Crippen LogP contribution in [0.4, 0.5) is 5.69 Å². The maximum Gasteiger partial charge on any atom is 0.253 e. The lowest BCUT2D eigenvalue weighted by molar-refractivity contribution is 0.0952. The van der Waals surface area contributed by atoms with Gasteiger partial charge in [0.05, 0.1) is 5.56 Å². The number of aromatic nitrogens is 1. The molecule has 4 heteroatoms. The van der Waals surface area contributed by atoms with E-state index in [2.05, 4.69) is 66.3 Å². The molecule has 4 nitrogen and oxygen atoms in total. The monoisotopic (exact) mass is 395 g/mol. The van der Waals surface area contributed by atoms with Crippen LogP contribution in [0.2, 0.25) is 0 Å². The second kappa shape index (κ2) is 10.5. The largest absolute Gasteiger partial charge is 0.385 e. The predicted octanol–water partition coefficient (Wildman–Crippen LogP) is 6.01. The number of carbonyl (C=O) groups excluding carboxylic acids is 1. The van der Waals surface area contributed by atoms with Crippen molar-refractivity contribution in [1.29, 1.82) is 0 Å². The van der Waals surface area contributed by atoms with E-state index < -0.39 is 0 Å². The van der Waals surface area contributed by atoms with Crippen molar-refractivity contribution in [2.45, 2.75) is 72.3 Å². The molecule has 1 saturated carbocycles. The first-order chi connectivity index (χ1) is 14.1. The summed E-state index contributed by atoms with van der Waals surface area (Å²) in [6.45, 7) is 9.03. The van der Waals surface area contributed by atoms with Gasteiger partial charge in [-0.15, -0.1) is 0 Å². The van der Waals surface area contributed by atoms with Crippen LogP contribution in [-0.4, -0.2) is 23.6 Å². The second-order valence-electron chi connectivity index (χ2n) is 8.36. The summed E-state index contributed by atoms with van der Waals surface area (Å²) in [5.41, 5.74) is 5.39. The van der Waals surface area contributed by atoms with E-state index in [1.54, 1.807) is 0 Å². The van der Waals surface area contributed by atoms with Crippen molar-refractivity contribution in [3.8, 4) is 11.3 Å². The van der Waals surface area contributed by atoms with E-state index in [1.165, 1.54) is 37.7 Å². The van der Waals surface area contributed by atoms with Gasteiger partial charge in [0.15, 0.2) is 0 Å². The van der Waals surface area contributed by atoms with Gasteiger partial charge >= 0.3 is 0 Å². The van der Waals surface area contributed by atoms with Crippen molar-refractivity contribution < 1.29 is 4.79 Å². The molecule has 0 saturated heterocycles. The quantitative estimate of drug-likeness (QED) is 0.511. The first-order valence-electron chi connectivity index (χ1n) is 11.5. The van der Waals surface area contributed by atoms with Gasteiger partial charge in [0.25, 0.3) is 5.91 Å². The fourth-order valence-corrected chi connectivity index (χ4v) is 4.41. The summed E-state index contributed by atoms with van der Waals surface area (Å²) >= 11 is 0. The van der Waals surface area contributed by atoms with Crippen molar-refractivity contribution in [3.63, 3.8) is 0 Å². The lowest BCUT2D eigenvalue weighted by atomic mass is 9.89. The molecule has 2 aromatic rings. The summed E-state index contributed by atoms with van der Waals surface area (Å²) in [6.07, 6.45) is 8.75. The van der Waals surface area contributed by atoms with E-state index >= 15 is 0 Å². The number of unbranched alkanes of at least 4 members (excludes halogenated alkanes) is 1. The molecule has 1 fully saturated rings. The fraction of sp³-hybridized carbons (Fsp3) is 0.560. The highest BCUT2D eigenvalue weighted by atomic mass is 16.1. The molecule has 1 amide bonds. The molecule has 158 valence electrons. The van der Waals surface area contributed by atoms with E-state index in [9.17, 15) is 4.79 Å². The zero-order valence-electron chi connectivity index (χ0n) is 18.4. The van der Waals surface area contributed by atoms with Crippen LogP contribution in [0.15, 0.2) is 30.3 Å². The van der Waals surface area contributed by atoms with Gasteiger partial charge < -0.3 is 15.2 Å². The average molecular weight is 396 g/mol. The Labute approximate surface area is 176 Å². The summed E-state index contributed by atoms with van der Waals surface area (Å²) in [4.78, 5) is 12.8. The SMILES string of the molecule is CCCCNC(=O)c1cc(-c2ccc(NCC)cc2)n(CC2CCCCC2)c1C. The van der Waals surface area contributed by atoms with Crippen molar-refractivity contribution in [1.82, 2.24) is 9.88 Å². The third kappa shape index (κ3) is 5.43. The molecule has 0 radical (unpaired) electrons. The number of hydrogen-bond donors (Lipinski definition) is 2. The third-order valence-corrected chi connectivity index (χ3v) is 6.15. The number of anilines is 1. The molecule has 2 N–H and O–H groups in total. The number of hydrogen-bond acceptors (Lipinski definition) is 2. The van der Waals surface area contributed by atoms with Gasteiger partial charge in [0.1, 0.15) is 0 Å². The summed E-state index contributed by atoms with van der Waals surface area (Å²) in [5.74, 6) is 0.773. The Morgan fingerprint density at radius 1 is 1.10 bits per heavy atom. The molecule has 1 heterocycles. The molecule has 1 aliphatic rings. The van der Waals surface area contributed by atoms with Crippen LogP contribution in [0, 0.1) is 12.8 Å². The Kier molecular flexibility index (Phi) is 7.79. The molecule has 0 spiro atoms. The van der Waals surface area contributed by atoms with Crippen LogP contribution in [-0.2, 0) is 6.54 Å². The Bertz CT molecular complexity index is 785. The van der Waals surface area contributed by atoms with E-state index in [1.807, 2.05) is 0 Å². The third-order valence-electron chi connectivity index (χ3n) is 6.15. The predicted molar refractivity (Wildman–Crippen MR) is 123 cm³/mol. The first kappa shape index (κ1) is 21.5. The van der Waals surface area contributed by atoms with Gasteiger partial charge in [0, 0.05) is 36.7 Å². The minimum atomic E-state index is 0.0591. The van der Waals surface area contributed by atoms with E-state index in [4.69, 9.17) is 0 Å². The number of rotatable bonds is 9. The normalized spacial score (nSPS) is 14.7. The van der Waals surface area contributed by atoms with Gasteiger partial charge in [-0.1, -0.05) is 44.7 Å². The van der Waals surface area contributed by atoms with Gasteiger partial charge in [-0.05, 0) is 62.8 Å². The molecule has 0 bridgehead atoms. The van der Waals surface area contributed by atoms with Crippen molar-refractivity contribution in [2.75, 3.05) is 18.4 Å². The minimum absolute atomic E-state index is 0.0591. The average Bonchev–Trinajstić information content (AvgIpc) is 3.06. The van der Waals surface area contributed by atoms with Crippen LogP contribution < -0.4 is 10.6 Å². The molecule has 0 unspecified atom stereocenters. The highest BCUT2D eigenvalue weighted by Gasteiger charge is 2.22. The van der Waals surface area contributed by atoms with Crippen LogP contribution >= 0.6 is 0 Å². The topological polar surface area (TPSA) is 46.1 Å². The molecule has 0 aliphatic heterocycles. The van der Waals surface area contributed by atoms with Gasteiger partial charge in [0.2, 0.25) is 0 Å². The number of nitrogens with zero attached hydrogens (tertiary/aromatic N) is 1. The van der Waals surface area contributed by atoms with Crippen molar-refractivity contribution in [3.05, 3.63) is 41.6 Å². The van der Waals surface area contributed by atoms with Gasteiger partial charge in [-0.3, -0.25) is 4.79 Å². The fourth-order valence-electron chi connectivity index (χ4n) is 4.41. The zero-order valence-corrected chi connectivity index (χ0v) is 18.4. The molecule has 1 aliphatic carbocycles. The summed E-state index contributed by atoms with van der Waals surface area (Å²) < 4.78 is 2.40. The standard InChI is InChI=1S/C25H37N3O/c1-4-6-16-27-25(29)23-17-24(21-12-14-22(15-13-21)26-5-2)28(19(23)3)18-20-10-8-7-9-11-20/h12-15,17,20,26H,4-11,16,18H2,1-3H3,(H,27,29). The smallest absolute Gasteiger partial charge is 0.253 e. The van der Waals surface area contributed by atoms with Crippen LogP contribution in [0.5, 0.6) is 0 Å². The summed E-state index contributed by atoms with van der Waals surface area (Å²) in [5, 5.41) is 6.46. The highest BCUT2D eigenvalue weighted by molar-refractivity contribution is 5.97. The number of amides is 1. The van der Waals surface area contributed by atoms with E-state index in [0.717, 1.165) is 55.1 Å². The lowest BCUT2D eigenvalue weighted by Crippen LogP contribution is -2.25. The Morgan fingerprint density at radius 2 is 1.83 bits per heavy atom. The van der Waals surface area contributed by atoms with Crippen molar-refractivity contribution in [2.24, 2.45) is 5.92 Å². The molecule has 0 atom stereocenters. The summed E-state index contributed by atoms with van der Waals surface area (Å²) in [6, 6.07) is 10.7. The number of carbonyl (C=O) groups is 1. The molecule has 1 aromatic carbocycles. The molecular formula is C25H37N3O. The van der Waals surface area contributed by atoms with E-state index in [-0.39, 0.29) is 5.91 Å². The van der Waals surface area contributed by atoms with Crippen molar-refractivity contribution >= 4 is 11.6 Å². The van der Waals surface area contributed by atoms with Gasteiger partial charge in [-0.25, -0.2) is 0 Å². The number of nitrogens with one attached hydrogen (secondary N) is 2. The lowest BCUT2D eigenvalue weighted by Gasteiger charge is -2.24. The molecule has 29 heavy (non-hydrogen) atoms. The van der Waals surface area contributed by atoms with Crippen LogP contribution in [0.25, 0.3) is 11.3 Å².